The van der Waals surface area contributed by atoms with E-state index in [-0.39, 0.29) is 34.0 Å². The summed E-state index contributed by atoms with van der Waals surface area (Å²) in [6, 6.07) is 0. The maximum Gasteiger partial charge on any atom is 0.110 e. The predicted octanol–water partition coefficient (Wildman–Crippen LogP) is 3.81. The SMILES string of the molecule is Br.Br.C=CCc1cnc(CC=C)[nH]1.C[Si]C. The lowest BCUT2D eigenvalue weighted by Gasteiger charge is -1.87. The van der Waals surface area contributed by atoms with Crippen LogP contribution in [-0.2, 0) is 12.8 Å². The molecule has 1 rings (SSSR count). The van der Waals surface area contributed by atoms with Crippen molar-refractivity contribution in [2.75, 3.05) is 0 Å². The van der Waals surface area contributed by atoms with Crippen molar-refractivity contribution in [3.63, 3.8) is 0 Å². The van der Waals surface area contributed by atoms with Crippen LogP contribution in [0.5, 0.6) is 0 Å². The summed E-state index contributed by atoms with van der Waals surface area (Å²) in [6.45, 7) is 11.6. The second-order valence-corrected chi connectivity index (χ2v) is 3.84. The Morgan fingerprint density at radius 2 is 1.75 bits per heavy atom. The summed E-state index contributed by atoms with van der Waals surface area (Å²) in [5.74, 6) is 0.969. The molecule has 2 nitrogen and oxygen atoms in total. The van der Waals surface area contributed by atoms with Gasteiger partial charge in [-0.25, -0.2) is 4.98 Å². The number of nitrogens with zero attached hydrogens (tertiary/aromatic N) is 1. The summed E-state index contributed by atoms with van der Waals surface area (Å²) < 4.78 is 0. The Kier molecular flexibility index (Phi) is 19.7. The number of halogens is 2. The maximum atomic E-state index is 4.15. The van der Waals surface area contributed by atoms with Gasteiger partial charge in [0.05, 0.1) is 0 Å². The lowest BCUT2D eigenvalue weighted by molar-refractivity contribution is 1.03. The van der Waals surface area contributed by atoms with Crippen LogP contribution in [0.1, 0.15) is 11.5 Å². The number of allylic oxidation sites excluding steroid dienone is 2. The summed E-state index contributed by atoms with van der Waals surface area (Å²) >= 11 is 0. The zero-order valence-corrected chi connectivity index (χ0v) is 14.3. The molecule has 0 bridgehead atoms. The third-order valence-electron chi connectivity index (χ3n) is 1.38. The molecule has 16 heavy (non-hydrogen) atoms. The fourth-order valence-corrected chi connectivity index (χ4v) is 0.905. The van der Waals surface area contributed by atoms with Crippen LogP contribution in [0.3, 0.4) is 0 Å². The Bertz CT molecular complexity index is 250. The minimum Gasteiger partial charge on any atom is -0.345 e. The number of H-pyrrole nitrogens is 1. The fraction of sp³-hybridized carbons (Fsp3) is 0.364. The van der Waals surface area contributed by atoms with E-state index < -0.39 is 0 Å². The molecule has 0 saturated carbocycles. The molecule has 0 unspecified atom stereocenters. The highest BCUT2D eigenvalue weighted by Crippen LogP contribution is 1.99. The predicted molar refractivity (Wildman–Crippen MR) is 84.5 cm³/mol. The molecule has 0 aliphatic carbocycles. The first-order valence-corrected chi connectivity index (χ1v) is 6.61. The molecular weight excluding hydrogens is 348 g/mol. The molecule has 0 aromatic carbocycles. The van der Waals surface area contributed by atoms with Crippen molar-refractivity contribution in [1.82, 2.24) is 9.97 Å². The molecule has 0 spiro atoms. The molecule has 5 heteroatoms. The van der Waals surface area contributed by atoms with Crippen molar-refractivity contribution < 1.29 is 0 Å². The van der Waals surface area contributed by atoms with Crippen molar-refractivity contribution in [2.45, 2.75) is 25.9 Å². The Morgan fingerprint density at radius 1 is 1.25 bits per heavy atom. The van der Waals surface area contributed by atoms with Gasteiger partial charge in [-0.05, 0) is 0 Å². The Hall–Kier alpha value is -0.133. The molecular formula is C11H20Br2N2Si. The van der Waals surface area contributed by atoms with Crippen LogP contribution < -0.4 is 0 Å². The van der Waals surface area contributed by atoms with E-state index in [1.807, 2.05) is 18.3 Å². The lowest BCUT2D eigenvalue weighted by Crippen LogP contribution is -1.84. The van der Waals surface area contributed by atoms with E-state index in [4.69, 9.17) is 0 Å². The van der Waals surface area contributed by atoms with Gasteiger partial charge in [0.2, 0.25) is 0 Å². The van der Waals surface area contributed by atoms with E-state index >= 15 is 0 Å². The van der Waals surface area contributed by atoms with Gasteiger partial charge in [0, 0.05) is 34.3 Å². The van der Waals surface area contributed by atoms with E-state index in [9.17, 15) is 0 Å². The fourth-order valence-electron chi connectivity index (χ4n) is 0.905. The van der Waals surface area contributed by atoms with Crippen molar-refractivity contribution >= 4 is 43.5 Å². The average molecular weight is 368 g/mol. The van der Waals surface area contributed by atoms with Gasteiger partial charge in [-0.3, -0.25) is 0 Å². The zero-order valence-electron chi connectivity index (χ0n) is 9.82. The van der Waals surface area contributed by atoms with E-state index in [0.29, 0.717) is 0 Å². The number of aromatic amines is 1. The van der Waals surface area contributed by atoms with Gasteiger partial charge in [-0.1, -0.05) is 25.2 Å². The largest absolute Gasteiger partial charge is 0.345 e. The topological polar surface area (TPSA) is 28.7 Å². The Labute approximate surface area is 122 Å². The van der Waals surface area contributed by atoms with E-state index in [2.05, 4.69) is 36.2 Å². The first kappa shape index (κ1) is 21.2. The quantitative estimate of drug-likeness (QED) is 0.636. The molecule has 0 aliphatic heterocycles. The van der Waals surface area contributed by atoms with Crippen molar-refractivity contribution in [2.24, 2.45) is 0 Å². The molecule has 0 fully saturated rings. The number of hydrogen-bond acceptors (Lipinski definition) is 1. The van der Waals surface area contributed by atoms with Crippen LogP contribution in [0.25, 0.3) is 0 Å². The monoisotopic (exact) mass is 366 g/mol. The molecule has 1 aromatic rings. The highest BCUT2D eigenvalue weighted by atomic mass is 79.9. The Morgan fingerprint density at radius 3 is 2.19 bits per heavy atom. The first-order valence-electron chi connectivity index (χ1n) is 4.61. The van der Waals surface area contributed by atoms with E-state index in [1.165, 1.54) is 0 Å². The minimum atomic E-state index is 0. The molecule has 0 atom stereocenters. The summed E-state index contributed by atoms with van der Waals surface area (Å²) in [4.78, 5) is 7.31. The molecule has 0 amide bonds. The summed E-state index contributed by atoms with van der Waals surface area (Å²) in [5.41, 5.74) is 1.11. The minimum absolute atomic E-state index is 0. The van der Waals surface area contributed by atoms with Gasteiger partial charge in [0.15, 0.2) is 0 Å². The smallest absolute Gasteiger partial charge is 0.110 e. The zero-order chi connectivity index (χ0) is 10.8. The van der Waals surface area contributed by atoms with Gasteiger partial charge >= 0.3 is 0 Å². The van der Waals surface area contributed by atoms with Gasteiger partial charge in [0.25, 0.3) is 0 Å². The van der Waals surface area contributed by atoms with Crippen LogP contribution >= 0.6 is 34.0 Å². The molecule has 1 heterocycles. The third kappa shape index (κ3) is 10.4. The number of rotatable bonds is 4. The summed E-state index contributed by atoms with van der Waals surface area (Å²) in [6.07, 6.45) is 7.17. The molecule has 92 valence electrons. The highest BCUT2D eigenvalue weighted by molar-refractivity contribution is 8.93. The maximum absolute atomic E-state index is 4.15. The Balaban J connectivity index is -0.000000306. The normalized spacial score (nSPS) is 7.62. The van der Waals surface area contributed by atoms with E-state index in [1.54, 1.807) is 0 Å². The molecule has 1 aromatic heterocycles. The molecule has 0 saturated heterocycles. The summed E-state index contributed by atoms with van der Waals surface area (Å²) in [7, 11) is 1.08. The van der Waals surface area contributed by atoms with Crippen molar-refractivity contribution in [3.8, 4) is 0 Å². The molecule has 1 N–H and O–H groups in total. The standard InChI is InChI=1S/C9H12N2.C2H6Si.2BrH/c1-3-5-8-7-10-9(11-8)6-4-2;1-3-2;;/h3-4,7H,1-2,5-6H2,(H,10,11);1-2H3;2*1H. The third-order valence-corrected chi connectivity index (χ3v) is 1.38. The van der Waals surface area contributed by atoms with E-state index in [0.717, 1.165) is 33.9 Å². The van der Waals surface area contributed by atoms with Gasteiger partial charge in [-0.15, -0.1) is 47.1 Å². The second-order valence-electron chi connectivity index (χ2n) is 2.84. The van der Waals surface area contributed by atoms with Gasteiger partial charge in [-0.2, -0.15) is 0 Å². The highest BCUT2D eigenvalue weighted by Gasteiger charge is 1.95. The van der Waals surface area contributed by atoms with Crippen LogP contribution in [0.4, 0.5) is 0 Å². The average Bonchev–Trinajstić information content (AvgIpc) is 2.55. The second kappa shape index (κ2) is 14.9. The number of imidazole rings is 1. The van der Waals surface area contributed by atoms with Crippen LogP contribution in [0, 0.1) is 0 Å². The van der Waals surface area contributed by atoms with Crippen LogP contribution in [0.15, 0.2) is 31.5 Å². The van der Waals surface area contributed by atoms with Crippen LogP contribution in [-0.4, -0.2) is 19.5 Å². The number of hydrogen-bond donors (Lipinski definition) is 1. The van der Waals surface area contributed by atoms with Crippen molar-refractivity contribution in [3.05, 3.63) is 43.0 Å². The van der Waals surface area contributed by atoms with Crippen LogP contribution in [0.2, 0.25) is 13.1 Å². The first-order chi connectivity index (χ1) is 6.78. The molecule has 0 aliphatic rings. The van der Waals surface area contributed by atoms with Crippen molar-refractivity contribution in [1.29, 1.82) is 0 Å². The molecule has 2 radical (unpaired) electrons. The number of aromatic nitrogens is 2. The number of nitrogens with one attached hydrogen (secondary N) is 1. The lowest BCUT2D eigenvalue weighted by atomic mass is 10.3. The van der Waals surface area contributed by atoms with Gasteiger partial charge in [0.1, 0.15) is 5.82 Å². The van der Waals surface area contributed by atoms with Gasteiger partial charge < -0.3 is 4.98 Å². The summed E-state index contributed by atoms with van der Waals surface area (Å²) in [5, 5.41) is 0.